The molecule has 34 heavy (non-hydrogen) atoms. The zero-order valence-corrected chi connectivity index (χ0v) is 19.4. The molecule has 1 aliphatic heterocycles. The smallest absolute Gasteiger partial charge is 0.318 e. The van der Waals surface area contributed by atoms with Gasteiger partial charge in [0.25, 0.3) is 5.89 Å². The molecule has 1 unspecified atom stereocenters. The predicted octanol–water partition coefficient (Wildman–Crippen LogP) is 1.69. The van der Waals surface area contributed by atoms with E-state index in [9.17, 15) is 23.5 Å². The summed E-state index contributed by atoms with van der Waals surface area (Å²) in [6.07, 6.45) is -0.242. The molecule has 1 aromatic rings. The fraction of sp³-hybridized carbons (Fsp3) is 0.762. The lowest BCUT2D eigenvalue weighted by molar-refractivity contribution is -0.127. The largest absolute Gasteiger partial charge is 0.381 e. The van der Waals surface area contributed by atoms with Gasteiger partial charge in [-0.25, -0.2) is 13.6 Å². The molecule has 3 N–H and O–H groups in total. The van der Waals surface area contributed by atoms with Gasteiger partial charge in [-0.15, -0.1) is 0 Å². The number of aliphatic hydroxyl groups excluding tert-OH is 1. The fourth-order valence-electron chi connectivity index (χ4n) is 3.43. The van der Waals surface area contributed by atoms with Gasteiger partial charge in [0.1, 0.15) is 6.04 Å². The fourth-order valence-corrected chi connectivity index (χ4v) is 3.43. The number of rotatable bonds is 11. The third-order valence-corrected chi connectivity index (χ3v) is 5.26. The molecule has 0 aliphatic carbocycles. The maximum Gasteiger partial charge on any atom is 0.318 e. The SMILES string of the molecule is CC[C@H](NC(=O)[C@H](CC(C)(F)F)NC(=O)N1CCCOCC1)C(O)c1nc(CCCC#N)no1. The number of aromatic nitrogens is 2. The summed E-state index contributed by atoms with van der Waals surface area (Å²) in [5.74, 6) is -3.91. The number of carbonyl (C=O) groups is 2. The average molecular weight is 487 g/mol. The Bertz CT molecular complexity index is 832. The van der Waals surface area contributed by atoms with Crippen LogP contribution in [0.1, 0.15) is 63.8 Å². The van der Waals surface area contributed by atoms with Gasteiger partial charge < -0.3 is 29.9 Å². The molecular formula is C21H32F2N6O5. The number of carbonyl (C=O) groups excluding carboxylic acids is 2. The van der Waals surface area contributed by atoms with Crippen LogP contribution in [-0.4, -0.2) is 76.4 Å². The highest BCUT2D eigenvalue weighted by Gasteiger charge is 2.35. The first kappa shape index (κ1) is 27.4. The van der Waals surface area contributed by atoms with E-state index in [0.717, 1.165) is 0 Å². The molecule has 1 aromatic heterocycles. The van der Waals surface area contributed by atoms with Crippen LogP contribution in [0.2, 0.25) is 0 Å². The third kappa shape index (κ3) is 8.83. The maximum absolute atomic E-state index is 13.8. The van der Waals surface area contributed by atoms with Crippen LogP contribution in [0.15, 0.2) is 4.52 Å². The topological polar surface area (TPSA) is 154 Å². The lowest BCUT2D eigenvalue weighted by Crippen LogP contribution is -2.55. The summed E-state index contributed by atoms with van der Waals surface area (Å²) in [6, 6.07) is -1.08. The van der Waals surface area contributed by atoms with Crippen molar-refractivity contribution in [2.75, 3.05) is 26.3 Å². The van der Waals surface area contributed by atoms with E-state index in [1.165, 1.54) is 4.90 Å². The predicted molar refractivity (Wildman–Crippen MR) is 115 cm³/mol. The lowest BCUT2D eigenvalue weighted by atomic mass is 10.0. The van der Waals surface area contributed by atoms with E-state index in [0.29, 0.717) is 58.2 Å². The quantitative estimate of drug-likeness (QED) is 0.399. The Morgan fingerprint density at radius 3 is 2.76 bits per heavy atom. The van der Waals surface area contributed by atoms with E-state index in [1.54, 1.807) is 6.92 Å². The van der Waals surface area contributed by atoms with Crippen molar-refractivity contribution in [3.05, 3.63) is 11.7 Å². The van der Waals surface area contributed by atoms with Crippen molar-refractivity contribution in [1.82, 2.24) is 25.7 Å². The maximum atomic E-state index is 13.8. The number of unbranched alkanes of at least 4 members (excludes halogenated alkanes) is 1. The molecule has 0 spiro atoms. The molecule has 3 atom stereocenters. The molecule has 0 aromatic carbocycles. The number of nitrogens with zero attached hydrogens (tertiary/aromatic N) is 4. The number of aliphatic hydroxyl groups is 1. The first-order chi connectivity index (χ1) is 16.1. The molecular weight excluding hydrogens is 454 g/mol. The van der Waals surface area contributed by atoms with Gasteiger partial charge in [0.15, 0.2) is 11.9 Å². The molecule has 0 saturated carbocycles. The van der Waals surface area contributed by atoms with Gasteiger partial charge in [-0.2, -0.15) is 10.2 Å². The van der Waals surface area contributed by atoms with Crippen LogP contribution >= 0.6 is 0 Å². The van der Waals surface area contributed by atoms with E-state index >= 15 is 0 Å². The standard InChI is InChI=1S/C21H32F2N6O5/c1-3-14(17(30)19-27-16(28-34-19)7-4-5-8-24)25-18(31)15(13-21(2,22)23)26-20(32)29-9-6-11-33-12-10-29/h14-15,17,30H,3-7,9-13H2,1-2H3,(H,25,31)(H,26,32)/t14-,15-,17?/m0/s1. The van der Waals surface area contributed by atoms with E-state index in [4.69, 9.17) is 14.5 Å². The molecule has 3 amide bonds. The second kappa shape index (κ2) is 13.1. The molecule has 2 heterocycles. The molecule has 1 saturated heterocycles. The van der Waals surface area contributed by atoms with Crippen LogP contribution in [-0.2, 0) is 16.0 Å². The van der Waals surface area contributed by atoms with Gasteiger partial charge in [0.05, 0.1) is 18.7 Å². The van der Waals surface area contributed by atoms with Gasteiger partial charge >= 0.3 is 6.03 Å². The van der Waals surface area contributed by atoms with Crippen molar-refractivity contribution in [2.45, 2.75) is 76.5 Å². The number of amides is 3. The van der Waals surface area contributed by atoms with Gasteiger partial charge in [0.2, 0.25) is 11.8 Å². The summed E-state index contributed by atoms with van der Waals surface area (Å²) in [7, 11) is 0. The Morgan fingerprint density at radius 2 is 2.09 bits per heavy atom. The summed E-state index contributed by atoms with van der Waals surface area (Å²) in [6.45, 7) is 3.82. The van der Waals surface area contributed by atoms with Crippen molar-refractivity contribution in [3.8, 4) is 6.07 Å². The molecule has 11 nitrogen and oxygen atoms in total. The normalized spacial score (nSPS) is 17.2. The molecule has 2 rings (SSSR count). The molecule has 13 heteroatoms. The molecule has 190 valence electrons. The summed E-state index contributed by atoms with van der Waals surface area (Å²) >= 11 is 0. The highest BCUT2D eigenvalue weighted by atomic mass is 19.3. The number of nitriles is 1. The van der Waals surface area contributed by atoms with Crippen LogP contribution in [0, 0.1) is 11.3 Å². The third-order valence-electron chi connectivity index (χ3n) is 5.26. The number of alkyl halides is 2. The average Bonchev–Trinajstić information content (AvgIpc) is 3.08. The van der Waals surface area contributed by atoms with E-state index in [-0.39, 0.29) is 18.9 Å². The van der Waals surface area contributed by atoms with Gasteiger partial charge in [-0.05, 0) is 26.2 Å². The number of halogens is 2. The Balaban J connectivity index is 2.05. The summed E-state index contributed by atoms with van der Waals surface area (Å²) in [5.41, 5.74) is 0. The van der Waals surface area contributed by atoms with E-state index in [2.05, 4.69) is 20.8 Å². The summed E-state index contributed by atoms with van der Waals surface area (Å²) in [4.78, 5) is 31.0. The van der Waals surface area contributed by atoms with Crippen LogP contribution in [0.25, 0.3) is 0 Å². The van der Waals surface area contributed by atoms with Crippen LogP contribution < -0.4 is 10.6 Å². The summed E-state index contributed by atoms with van der Waals surface area (Å²) in [5, 5.41) is 27.9. The first-order valence-corrected chi connectivity index (χ1v) is 11.3. The highest BCUT2D eigenvalue weighted by Crippen LogP contribution is 2.21. The first-order valence-electron chi connectivity index (χ1n) is 11.3. The zero-order valence-electron chi connectivity index (χ0n) is 19.4. The Labute approximate surface area is 196 Å². The minimum atomic E-state index is -3.22. The van der Waals surface area contributed by atoms with Crippen LogP contribution in [0.4, 0.5) is 13.6 Å². The van der Waals surface area contributed by atoms with E-state index < -0.39 is 42.5 Å². The zero-order chi connectivity index (χ0) is 25.1. The van der Waals surface area contributed by atoms with Crippen molar-refractivity contribution < 1.29 is 32.7 Å². The van der Waals surface area contributed by atoms with Crippen LogP contribution in [0.3, 0.4) is 0 Å². The number of aryl methyl sites for hydroxylation is 1. The molecule has 1 aliphatic rings. The Morgan fingerprint density at radius 1 is 1.32 bits per heavy atom. The van der Waals surface area contributed by atoms with Gasteiger partial charge in [-0.1, -0.05) is 12.1 Å². The van der Waals surface area contributed by atoms with Crippen molar-refractivity contribution in [1.29, 1.82) is 5.26 Å². The number of hydrogen-bond acceptors (Lipinski definition) is 8. The highest BCUT2D eigenvalue weighted by molar-refractivity contribution is 5.87. The summed E-state index contributed by atoms with van der Waals surface area (Å²) < 4.78 is 37.9. The number of nitrogens with one attached hydrogen (secondary N) is 2. The Hall–Kier alpha value is -2.85. The van der Waals surface area contributed by atoms with Crippen LogP contribution in [0.5, 0.6) is 0 Å². The van der Waals surface area contributed by atoms with Gasteiger partial charge in [-0.3, -0.25) is 4.79 Å². The molecule has 0 bridgehead atoms. The minimum absolute atomic E-state index is 0.134. The minimum Gasteiger partial charge on any atom is -0.381 e. The number of hydrogen-bond donors (Lipinski definition) is 3. The van der Waals surface area contributed by atoms with Crippen molar-refractivity contribution >= 4 is 11.9 Å². The number of ether oxygens (including phenoxy) is 1. The van der Waals surface area contributed by atoms with Gasteiger partial charge in [0, 0.05) is 39.0 Å². The lowest BCUT2D eigenvalue weighted by Gasteiger charge is -2.28. The monoisotopic (exact) mass is 486 g/mol. The van der Waals surface area contributed by atoms with Crippen molar-refractivity contribution in [3.63, 3.8) is 0 Å². The van der Waals surface area contributed by atoms with E-state index in [1.807, 2.05) is 6.07 Å². The second-order valence-electron chi connectivity index (χ2n) is 8.26. The molecule has 1 fully saturated rings. The van der Waals surface area contributed by atoms with Crippen molar-refractivity contribution in [2.24, 2.45) is 0 Å². The second-order valence-corrected chi connectivity index (χ2v) is 8.26. The Kier molecular flexibility index (Phi) is 10.6. The number of urea groups is 1. The molecule has 0 radical (unpaired) electrons.